The number of aliphatic hydroxyl groups excluding tert-OH is 1. The van der Waals surface area contributed by atoms with Crippen molar-refractivity contribution in [2.45, 2.75) is 25.4 Å². The molecule has 1 aromatic heterocycles. The second kappa shape index (κ2) is 7.73. The maximum atomic E-state index is 11.6. The second-order valence-electron chi connectivity index (χ2n) is 8.17. The van der Waals surface area contributed by atoms with Crippen LogP contribution < -0.4 is 0 Å². The van der Waals surface area contributed by atoms with Crippen molar-refractivity contribution in [1.29, 1.82) is 0 Å². The van der Waals surface area contributed by atoms with Crippen molar-refractivity contribution in [3.8, 4) is 0 Å². The molecule has 2 N–H and O–H groups in total. The van der Waals surface area contributed by atoms with Crippen LogP contribution in [0, 0.1) is 6.92 Å². The Morgan fingerprint density at radius 2 is 1.55 bits per heavy atom. The summed E-state index contributed by atoms with van der Waals surface area (Å²) in [6.07, 6.45) is 0. The Morgan fingerprint density at radius 1 is 0.903 bits per heavy atom. The minimum Gasteiger partial charge on any atom is -0.509 e. The van der Waals surface area contributed by atoms with Crippen molar-refractivity contribution < 1.29 is 14.9 Å². The van der Waals surface area contributed by atoms with Crippen molar-refractivity contribution >= 4 is 10.9 Å². The number of aryl methyl sites for hydroxylation is 1. The lowest BCUT2D eigenvalue weighted by Gasteiger charge is -2.36. The van der Waals surface area contributed by atoms with Gasteiger partial charge in [-0.15, -0.1) is 0 Å². The van der Waals surface area contributed by atoms with E-state index in [-0.39, 0.29) is 18.3 Å². The Morgan fingerprint density at radius 3 is 2.26 bits per heavy atom. The number of aromatic nitrogens is 1. The first-order chi connectivity index (χ1) is 15.1. The summed E-state index contributed by atoms with van der Waals surface area (Å²) >= 11 is 0. The van der Waals surface area contributed by atoms with E-state index in [9.17, 15) is 5.11 Å². The molecule has 0 saturated carbocycles. The molecule has 0 bridgehead atoms. The number of nitrogens with one attached hydrogen (secondary N) is 1. The summed E-state index contributed by atoms with van der Waals surface area (Å²) in [7, 11) is 0. The van der Waals surface area contributed by atoms with Crippen LogP contribution in [0.5, 0.6) is 0 Å². The summed E-state index contributed by atoms with van der Waals surface area (Å²) in [6.45, 7) is 4.15. The number of para-hydroxylation sites is 1. The number of hydrogen-bond donors (Lipinski definition) is 2. The number of aromatic amines is 1. The van der Waals surface area contributed by atoms with Gasteiger partial charge in [0.1, 0.15) is 12.4 Å². The third kappa shape index (κ3) is 3.25. The van der Waals surface area contributed by atoms with Crippen LogP contribution in [0.2, 0.25) is 0 Å². The van der Waals surface area contributed by atoms with E-state index >= 15 is 0 Å². The normalized spacial score (nSPS) is 20.2. The van der Waals surface area contributed by atoms with Crippen LogP contribution >= 0.6 is 0 Å². The van der Waals surface area contributed by atoms with Crippen molar-refractivity contribution in [2.24, 2.45) is 0 Å². The highest BCUT2D eigenvalue weighted by Crippen LogP contribution is 2.44. The summed E-state index contributed by atoms with van der Waals surface area (Å²) in [4.78, 5) is 14.9. The average Bonchev–Trinajstić information content (AvgIpc) is 3.14. The van der Waals surface area contributed by atoms with Crippen molar-refractivity contribution in [1.82, 2.24) is 4.98 Å². The molecule has 4 nitrogen and oxygen atoms in total. The number of H-pyrrole nitrogens is 1. The van der Waals surface area contributed by atoms with Crippen LogP contribution in [0.4, 0.5) is 0 Å². The van der Waals surface area contributed by atoms with E-state index in [4.69, 9.17) is 9.78 Å². The van der Waals surface area contributed by atoms with E-state index in [1.54, 1.807) is 0 Å². The van der Waals surface area contributed by atoms with Gasteiger partial charge in [0.25, 0.3) is 0 Å². The summed E-state index contributed by atoms with van der Waals surface area (Å²) in [5.41, 5.74) is 4.92. The standard InChI is InChI=1S/C27H25NO3/c1-18-21-15-9-10-16-23(21)28-25(18)24(19-11-5-3-6-12-19)22-17-30-31-27(2,26(22)29)20-13-7-4-8-14-20/h3-16,24,28-29H,17H2,1-2H3/t24?,27-/m1/s1. The molecule has 5 rings (SSSR count). The maximum Gasteiger partial charge on any atom is 0.182 e. The Balaban J connectivity index is 1.73. The largest absolute Gasteiger partial charge is 0.509 e. The molecule has 4 heteroatoms. The van der Waals surface area contributed by atoms with E-state index < -0.39 is 5.60 Å². The Hall–Kier alpha value is -3.34. The van der Waals surface area contributed by atoms with Crippen molar-refractivity contribution in [3.05, 3.63) is 119 Å². The molecule has 1 aliphatic rings. The van der Waals surface area contributed by atoms with Gasteiger partial charge in [0.05, 0.1) is 5.92 Å². The van der Waals surface area contributed by atoms with Gasteiger partial charge in [-0.05, 0) is 36.6 Å². The number of rotatable bonds is 4. The number of benzene rings is 3. The van der Waals surface area contributed by atoms with Crippen LogP contribution in [0.25, 0.3) is 10.9 Å². The van der Waals surface area contributed by atoms with Crippen LogP contribution in [-0.2, 0) is 15.4 Å². The van der Waals surface area contributed by atoms with Gasteiger partial charge in [-0.3, -0.25) is 0 Å². The zero-order valence-corrected chi connectivity index (χ0v) is 17.6. The fraction of sp³-hybridized carbons (Fsp3) is 0.185. The van der Waals surface area contributed by atoms with Crippen LogP contribution in [0.1, 0.15) is 35.2 Å². The Bertz CT molecular complexity index is 1240. The summed E-state index contributed by atoms with van der Waals surface area (Å²) in [5.74, 6) is -0.00241. The molecule has 31 heavy (non-hydrogen) atoms. The van der Waals surface area contributed by atoms with Gasteiger partial charge in [-0.25, -0.2) is 9.78 Å². The first kappa shape index (κ1) is 19.6. The highest BCUT2D eigenvalue weighted by atomic mass is 17.2. The molecule has 0 saturated heterocycles. The SMILES string of the molecule is Cc1c(C(C2=C(O)[C@@](C)(c3ccccc3)OOC2)c2ccccc2)[nH]c2ccccc12. The predicted molar refractivity (Wildman–Crippen MR) is 122 cm³/mol. The first-order valence-corrected chi connectivity index (χ1v) is 10.5. The van der Waals surface area contributed by atoms with E-state index in [0.29, 0.717) is 0 Å². The Labute approximate surface area is 181 Å². The zero-order valence-electron chi connectivity index (χ0n) is 17.6. The molecule has 0 fully saturated rings. The van der Waals surface area contributed by atoms with E-state index in [2.05, 4.69) is 36.2 Å². The van der Waals surface area contributed by atoms with E-state index in [0.717, 1.165) is 33.5 Å². The van der Waals surface area contributed by atoms with E-state index in [1.165, 1.54) is 5.39 Å². The smallest absolute Gasteiger partial charge is 0.182 e. The van der Waals surface area contributed by atoms with Gasteiger partial charge in [0.2, 0.25) is 0 Å². The molecule has 0 amide bonds. The number of aliphatic hydroxyl groups is 1. The average molecular weight is 412 g/mol. The zero-order chi connectivity index (χ0) is 21.4. The number of fused-ring (bicyclic) bond motifs is 1. The lowest BCUT2D eigenvalue weighted by molar-refractivity contribution is -0.363. The van der Waals surface area contributed by atoms with Gasteiger partial charge in [-0.1, -0.05) is 78.9 Å². The molecule has 0 aliphatic carbocycles. The van der Waals surface area contributed by atoms with Crippen LogP contribution in [0.3, 0.4) is 0 Å². The summed E-state index contributed by atoms with van der Waals surface area (Å²) in [5, 5.41) is 12.7. The highest BCUT2D eigenvalue weighted by molar-refractivity contribution is 5.85. The monoisotopic (exact) mass is 411 g/mol. The Kier molecular flexibility index (Phi) is 4.89. The summed E-state index contributed by atoms with van der Waals surface area (Å²) < 4.78 is 0. The first-order valence-electron chi connectivity index (χ1n) is 10.5. The fourth-order valence-corrected chi connectivity index (χ4v) is 4.57. The highest BCUT2D eigenvalue weighted by Gasteiger charge is 2.42. The molecular formula is C27H25NO3. The minimum absolute atomic E-state index is 0.183. The number of hydrogen-bond acceptors (Lipinski definition) is 3. The van der Waals surface area contributed by atoms with Crippen LogP contribution in [-0.4, -0.2) is 16.7 Å². The molecule has 1 aliphatic heterocycles. The van der Waals surface area contributed by atoms with Crippen molar-refractivity contribution in [3.63, 3.8) is 0 Å². The molecule has 4 aromatic rings. The molecule has 2 atom stereocenters. The molecule has 3 aromatic carbocycles. The van der Waals surface area contributed by atoms with Crippen molar-refractivity contribution in [2.75, 3.05) is 6.61 Å². The molecular weight excluding hydrogens is 386 g/mol. The molecule has 156 valence electrons. The maximum absolute atomic E-state index is 11.6. The lowest BCUT2D eigenvalue weighted by atomic mass is 9.81. The van der Waals surface area contributed by atoms with Gasteiger partial charge < -0.3 is 10.1 Å². The quantitative estimate of drug-likeness (QED) is 0.388. The second-order valence-corrected chi connectivity index (χ2v) is 8.17. The predicted octanol–water partition coefficient (Wildman–Crippen LogP) is 6.30. The van der Waals surface area contributed by atoms with Gasteiger partial charge in [-0.2, -0.15) is 0 Å². The third-order valence-corrected chi connectivity index (χ3v) is 6.30. The topological polar surface area (TPSA) is 54.5 Å². The lowest BCUT2D eigenvalue weighted by Crippen LogP contribution is -2.36. The fourth-order valence-electron chi connectivity index (χ4n) is 4.57. The van der Waals surface area contributed by atoms with E-state index in [1.807, 2.05) is 67.6 Å². The van der Waals surface area contributed by atoms with Gasteiger partial charge in [0.15, 0.2) is 5.60 Å². The molecule has 0 radical (unpaired) electrons. The summed E-state index contributed by atoms with van der Waals surface area (Å²) in [6, 6.07) is 28.2. The molecule has 1 unspecified atom stereocenters. The van der Waals surface area contributed by atoms with Crippen LogP contribution in [0.15, 0.2) is 96.3 Å². The van der Waals surface area contributed by atoms with Gasteiger partial charge in [0, 0.05) is 22.2 Å². The minimum atomic E-state index is -1.08. The molecule has 2 heterocycles. The van der Waals surface area contributed by atoms with Gasteiger partial charge >= 0.3 is 0 Å². The molecule has 0 spiro atoms. The third-order valence-electron chi connectivity index (χ3n) is 6.30.